The number of hydrogen-bond donors (Lipinski definition) is 0. The Hall–Kier alpha value is -2.30. The Morgan fingerprint density at radius 3 is 2.52 bits per heavy atom. The van der Waals surface area contributed by atoms with Crippen LogP contribution < -0.4 is 0 Å². The molecule has 1 aromatic carbocycles. The first-order chi connectivity index (χ1) is 20.0. The van der Waals surface area contributed by atoms with E-state index in [1.165, 1.54) is 12.7 Å². The number of allylic oxidation sites excluding steroid dienone is 8. The van der Waals surface area contributed by atoms with Gasteiger partial charge in [-0.3, -0.25) is 9.59 Å². The Morgan fingerprint density at radius 1 is 1.07 bits per heavy atom. The zero-order valence-electron chi connectivity index (χ0n) is 25.7. The molecule has 1 heterocycles. The second-order valence-electron chi connectivity index (χ2n) is 13.5. The highest BCUT2D eigenvalue weighted by Gasteiger charge is 2.57. The Kier molecular flexibility index (Phi) is 9.17. The molecule has 5 rings (SSSR count). The smallest absolute Gasteiger partial charge is 0.311 e. The lowest BCUT2D eigenvalue weighted by Crippen LogP contribution is -2.54. The van der Waals surface area contributed by atoms with E-state index in [4.69, 9.17) is 27.9 Å². The highest BCUT2D eigenvalue weighted by atomic mass is 35.5. The molecule has 0 spiro atoms. The van der Waals surface area contributed by atoms with Crippen LogP contribution in [0.15, 0.2) is 54.2 Å². The van der Waals surface area contributed by atoms with Gasteiger partial charge in [0.2, 0.25) is 0 Å². The number of benzene rings is 1. The Morgan fingerprint density at radius 2 is 1.81 bits per heavy atom. The molecule has 4 aliphatic rings. The highest BCUT2D eigenvalue weighted by molar-refractivity contribution is 6.38. The number of halogens is 2. The quantitative estimate of drug-likeness (QED) is 0.218. The number of carbonyl (C=O) groups is 2. The van der Waals surface area contributed by atoms with Crippen LogP contribution in [0.2, 0.25) is 10.0 Å². The van der Waals surface area contributed by atoms with Crippen molar-refractivity contribution in [1.29, 1.82) is 0 Å². The van der Waals surface area contributed by atoms with Gasteiger partial charge in [-0.1, -0.05) is 105 Å². The molecule has 0 aromatic heterocycles. The van der Waals surface area contributed by atoms with E-state index in [9.17, 15) is 9.59 Å². The predicted molar refractivity (Wildman–Crippen MR) is 172 cm³/mol. The van der Waals surface area contributed by atoms with Gasteiger partial charge in [0, 0.05) is 35.9 Å². The van der Waals surface area contributed by atoms with Crippen LogP contribution in [0.3, 0.4) is 0 Å². The molecule has 1 fully saturated rings. The second kappa shape index (κ2) is 12.4. The topological polar surface area (TPSA) is 46.6 Å². The van der Waals surface area contributed by atoms with Crippen molar-refractivity contribution < 1.29 is 14.3 Å². The second-order valence-corrected chi connectivity index (χ2v) is 14.3. The van der Waals surface area contributed by atoms with E-state index < -0.39 is 10.8 Å². The van der Waals surface area contributed by atoms with E-state index in [1.54, 1.807) is 0 Å². The van der Waals surface area contributed by atoms with Gasteiger partial charge in [-0.05, 0) is 67.6 Å². The van der Waals surface area contributed by atoms with Gasteiger partial charge in [0.15, 0.2) is 0 Å². The summed E-state index contributed by atoms with van der Waals surface area (Å²) in [6, 6.07) is 1.97. The van der Waals surface area contributed by atoms with Crippen LogP contribution in [0.4, 0.5) is 0 Å². The fraction of sp³-hybridized carbons (Fsp3) is 0.556. The van der Waals surface area contributed by atoms with Gasteiger partial charge in [0.05, 0.1) is 23.1 Å². The largest absolute Gasteiger partial charge is 0.469 e. The van der Waals surface area contributed by atoms with E-state index in [0.29, 0.717) is 40.5 Å². The van der Waals surface area contributed by atoms with Gasteiger partial charge in [-0.15, -0.1) is 0 Å². The van der Waals surface area contributed by atoms with Crippen LogP contribution in [-0.2, 0) is 14.9 Å². The number of nitrogens with zero attached hydrogens (tertiary/aromatic N) is 1. The van der Waals surface area contributed by atoms with Crippen LogP contribution in [0, 0.1) is 23.2 Å². The van der Waals surface area contributed by atoms with Crippen molar-refractivity contribution in [2.75, 3.05) is 20.2 Å². The Balaban J connectivity index is 1.39. The molecule has 0 saturated heterocycles. The van der Waals surface area contributed by atoms with Crippen molar-refractivity contribution in [3.05, 3.63) is 80.9 Å². The number of ether oxygens (including phenoxy) is 1. The first-order valence-corrected chi connectivity index (χ1v) is 16.4. The maximum absolute atomic E-state index is 14.4. The van der Waals surface area contributed by atoms with Gasteiger partial charge in [0.25, 0.3) is 5.91 Å². The lowest BCUT2D eigenvalue weighted by molar-refractivity contribution is -0.161. The van der Waals surface area contributed by atoms with Crippen molar-refractivity contribution in [2.24, 2.45) is 23.2 Å². The van der Waals surface area contributed by atoms with E-state index in [0.717, 1.165) is 56.1 Å². The zero-order chi connectivity index (χ0) is 30.2. The highest BCUT2D eigenvalue weighted by Crippen LogP contribution is 2.57. The Labute approximate surface area is 261 Å². The molecule has 1 aromatic rings. The first-order valence-electron chi connectivity index (χ1n) is 15.6. The SMILES string of the molecule is COC(=O)[C@]1(C)CCC[C@]2(C)c3cc(Cl)c(C(C)C)c(Cl)c3C(=O)N(CCCCCC3=CC4C=CC=CC4C=C3)CC12. The molecule has 1 aliphatic heterocycles. The molecule has 226 valence electrons. The summed E-state index contributed by atoms with van der Waals surface area (Å²) in [5.74, 6) is 0.662. The number of hydrogen-bond acceptors (Lipinski definition) is 3. The van der Waals surface area contributed by atoms with Crippen molar-refractivity contribution in [2.45, 2.75) is 84.0 Å². The van der Waals surface area contributed by atoms with Crippen molar-refractivity contribution in [1.82, 2.24) is 4.90 Å². The molecule has 3 aliphatic carbocycles. The number of rotatable bonds is 8. The maximum Gasteiger partial charge on any atom is 0.311 e. The van der Waals surface area contributed by atoms with Crippen LogP contribution in [0.25, 0.3) is 0 Å². The molecule has 0 radical (unpaired) electrons. The van der Waals surface area contributed by atoms with Crippen LogP contribution in [0.1, 0.15) is 100 Å². The predicted octanol–water partition coefficient (Wildman–Crippen LogP) is 9.22. The number of unbranched alkanes of at least 4 members (excludes halogenated alkanes) is 2. The summed E-state index contributed by atoms with van der Waals surface area (Å²) < 4.78 is 5.37. The monoisotopic (exact) mass is 609 g/mol. The zero-order valence-corrected chi connectivity index (χ0v) is 27.2. The van der Waals surface area contributed by atoms with Crippen molar-refractivity contribution >= 4 is 35.1 Å². The van der Waals surface area contributed by atoms with E-state index >= 15 is 0 Å². The lowest BCUT2D eigenvalue weighted by Gasteiger charge is -2.51. The minimum Gasteiger partial charge on any atom is -0.469 e. The molecule has 42 heavy (non-hydrogen) atoms. The van der Waals surface area contributed by atoms with Gasteiger partial charge in [0.1, 0.15) is 0 Å². The number of carbonyl (C=O) groups excluding carboxylic acids is 2. The van der Waals surface area contributed by atoms with Crippen LogP contribution in [0.5, 0.6) is 0 Å². The number of fused-ring (bicyclic) bond motifs is 4. The summed E-state index contributed by atoms with van der Waals surface area (Å²) in [7, 11) is 1.47. The fourth-order valence-electron chi connectivity index (χ4n) is 8.07. The number of amides is 1. The van der Waals surface area contributed by atoms with E-state index in [-0.39, 0.29) is 23.7 Å². The van der Waals surface area contributed by atoms with Gasteiger partial charge in [-0.2, -0.15) is 0 Å². The molecule has 0 N–H and O–H groups in total. The molecule has 0 bridgehead atoms. The summed E-state index contributed by atoms with van der Waals surface area (Å²) in [6.45, 7) is 9.45. The standard InChI is InChI=1S/C36H45Cl2NO3/c1-23(2)30-28(37)21-27-31(32(30)38)33(40)39(22-29-35(27,3)17-11-18-36(29,4)34(41)42-5)19-10-6-7-12-24-15-16-25-13-8-9-14-26(25)20-24/h8-9,13-16,20-21,23,25-26,29H,6-7,10-12,17-19,22H2,1-5H3/t25?,26?,29?,35-,36-/m1/s1. The van der Waals surface area contributed by atoms with E-state index in [2.05, 4.69) is 63.3 Å². The molecule has 4 nitrogen and oxygen atoms in total. The van der Waals surface area contributed by atoms with E-state index in [1.807, 2.05) is 17.9 Å². The molecular weight excluding hydrogens is 565 g/mol. The average Bonchev–Trinajstić information content (AvgIpc) is 3.05. The first kappa shape index (κ1) is 31.1. The van der Waals surface area contributed by atoms with Gasteiger partial charge < -0.3 is 9.64 Å². The Bertz CT molecular complexity index is 1360. The maximum atomic E-state index is 14.4. The summed E-state index contributed by atoms with van der Waals surface area (Å²) in [5, 5.41) is 1.06. The average molecular weight is 611 g/mol. The molecule has 5 atom stereocenters. The third-order valence-corrected chi connectivity index (χ3v) is 11.2. The molecule has 1 amide bonds. The molecule has 6 heteroatoms. The van der Waals surface area contributed by atoms with Crippen LogP contribution >= 0.6 is 23.2 Å². The van der Waals surface area contributed by atoms with Crippen molar-refractivity contribution in [3.63, 3.8) is 0 Å². The number of esters is 1. The minimum absolute atomic E-state index is 0.0440. The summed E-state index contributed by atoms with van der Waals surface area (Å²) in [4.78, 5) is 29.7. The fourth-order valence-corrected chi connectivity index (χ4v) is 9.04. The normalized spacial score (nSPS) is 30.0. The molecular formula is C36H45Cl2NO3. The van der Waals surface area contributed by atoms with Gasteiger partial charge in [-0.25, -0.2) is 0 Å². The summed E-state index contributed by atoms with van der Waals surface area (Å²) in [5.41, 5.74) is 2.52. The number of methoxy groups -OCH3 is 1. The van der Waals surface area contributed by atoms with Crippen molar-refractivity contribution in [3.8, 4) is 0 Å². The third kappa shape index (κ3) is 5.54. The molecule has 1 saturated carbocycles. The van der Waals surface area contributed by atoms with Crippen LogP contribution in [-0.4, -0.2) is 37.0 Å². The lowest BCUT2D eigenvalue weighted by atomic mass is 9.53. The summed E-state index contributed by atoms with van der Waals surface area (Å²) in [6.07, 6.45) is 22.3. The van der Waals surface area contributed by atoms with Gasteiger partial charge >= 0.3 is 5.97 Å². The third-order valence-electron chi connectivity index (χ3n) is 10.5. The molecule has 3 unspecified atom stereocenters. The minimum atomic E-state index is -0.710. The summed E-state index contributed by atoms with van der Waals surface area (Å²) >= 11 is 13.9.